The van der Waals surface area contributed by atoms with Crippen LogP contribution in [-0.4, -0.2) is 104 Å². The number of hydrogen-bond donors (Lipinski definition) is 4. The van der Waals surface area contributed by atoms with Crippen LogP contribution in [0.5, 0.6) is 5.75 Å². The standard InChI is InChI=1S/C37H46N10O5/c1-35(2,3)28-21-29(40-31(39-28)32(50)38-15-20-48)41-34(51)42-37(23-49)14-13-27(25-9-7-8-10-26(25)37)52-24-11-12-30-43-44-33(47(30)22-24)36(4,5)46-18-16-45(6)17-19-46/h7-14,21-23,27,48H,15-20H2,1-6H3,(H,38,50)(H2,39,40,41,42,51)/t27-,37-/m1/s1. The van der Waals surface area contributed by atoms with Gasteiger partial charge < -0.3 is 25.4 Å². The summed E-state index contributed by atoms with van der Waals surface area (Å²) in [5, 5.41) is 26.2. The number of urea groups is 1. The number of aldehydes is 1. The van der Waals surface area contributed by atoms with Crippen LogP contribution in [0.15, 0.2) is 60.8 Å². The number of nitrogens with one attached hydrogen (secondary N) is 3. The molecule has 274 valence electrons. The van der Waals surface area contributed by atoms with Crippen molar-refractivity contribution in [2.45, 2.75) is 57.2 Å². The van der Waals surface area contributed by atoms with Crippen molar-refractivity contribution in [1.29, 1.82) is 0 Å². The van der Waals surface area contributed by atoms with E-state index in [2.05, 4.69) is 66.8 Å². The van der Waals surface area contributed by atoms with E-state index in [1.165, 1.54) is 0 Å². The molecule has 0 saturated carbocycles. The third-order valence-corrected chi connectivity index (χ3v) is 9.57. The number of hydrogen-bond acceptors (Lipinski definition) is 11. The molecule has 3 aromatic heterocycles. The number of anilines is 1. The number of fused-ring (bicyclic) bond motifs is 2. The zero-order valence-corrected chi connectivity index (χ0v) is 30.4. The van der Waals surface area contributed by atoms with Crippen LogP contribution in [0.25, 0.3) is 5.65 Å². The lowest BCUT2D eigenvalue weighted by Gasteiger charge is -2.42. The number of aliphatic hydroxyl groups is 1. The van der Waals surface area contributed by atoms with E-state index in [0.717, 1.165) is 32.0 Å². The number of aliphatic hydroxyl groups excluding tert-OH is 1. The molecule has 4 heterocycles. The highest BCUT2D eigenvalue weighted by atomic mass is 16.5. The van der Waals surface area contributed by atoms with Gasteiger partial charge >= 0.3 is 6.03 Å². The van der Waals surface area contributed by atoms with Gasteiger partial charge in [-0.15, -0.1) is 10.2 Å². The van der Waals surface area contributed by atoms with Crippen LogP contribution in [0.1, 0.15) is 74.0 Å². The average Bonchev–Trinajstić information content (AvgIpc) is 3.55. The Kier molecular flexibility index (Phi) is 10.1. The molecule has 0 bridgehead atoms. The molecular formula is C37H46N10O5. The summed E-state index contributed by atoms with van der Waals surface area (Å²) in [5.41, 5.74) is 0.0687. The lowest BCUT2D eigenvalue weighted by atomic mass is 9.81. The number of ether oxygens (including phenoxy) is 1. The molecule has 0 unspecified atom stereocenters. The minimum atomic E-state index is -1.53. The van der Waals surface area contributed by atoms with Crippen molar-refractivity contribution >= 4 is 29.7 Å². The van der Waals surface area contributed by atoms with Crippen molar-refractivity contribution in [3.05, 3.63) is 89.3 Å². The number of piperazine rings is 1. The molecule has 6 rings (SSSR count). The number of nitrogens with zero attached hydrogens (tertiary/aromatic N) is 7. The van der Waals surface area contributed by atoms with Gasteiger partial charge in [0.15, 0.2) is 17.8 Å². The van der Waals surface area contributed by atoms with Crippen molar-refractivity contribution in [3.8, 4) is 5.75 Å². The normalized spacial score (nSPS) is 19.6. The van der Waals surface area contributed by atoms with Crippen molar-refractivity contribution in [1.82, 2.24) is 45.0 Å². The summed E-state index contributed by atoms with van der Waals surface area (Å²) < 4.78 is 8.50. The highest BCUT2D eigenvalue weighted by Gasteiger charge is 2.39. The predicted octanol–water partition coefficient (Wildman–Crippen LogP) is 2.93. The molecule has 2 atom stereocenters. The fourth-order valence-electron chi connectivity index (χ4n) is 6.49. The van der Waals surface area contributed by atoms with Gasteiger partial charge in [0.25, 0.3) is 5.91 Å². The first-order valence-electron chi connectivity index (χ1n) is 17.3. The molecule has 0 spiro atoms. The number of carbonyl (C=O) groups is 3. The van der Waals surface area contributed by atoms with E-state index in [1.807, 2.05) is 55.6 Å². The van der Waals surface area contributed by atoms with E-state index in [4.69, 9.17) is 9.84 Å². The Morgan fingerprint density at radius 3 is 2.50 bits per heavy atom. The molecule has 15 nitrogen and oxygen atoms in total. The Morgan fingerprint density at radius 1 is 1.04 bits per heavy atom. The second kappa shape index (κ2) is 14.4. The van der Waals surface area contributed by atoms with Crippen LogP contribution in [-0.2, 0) is 21.3 Å². The number of carbonyl (C=O) groups excluding carboxylic acids is 3. The molecule has 52 heavy (non-hydrogen) atoms. The largest absolute Gasteiger partial charge is 0.480 e. The molecule has 2 aliphatic rings. The number of amides is 3. The number of benzene rings is 1. The fraction of sp³-hybridized carbons (Fsp3) is 0.432. The van der Waals surface area contributed by atoms with Crippen LogP contribution < -0.4 is 20.7 Å². The molecule has 4 aromatic rings. The van der Waals surface area contributed by atoms with Crippen LogP contribution in [0.3, 0.4) is 0 Å². The second-order valence-electron chi connectivity index (χ2n) is 14.7. The van der Waals surface area contributed by atoms with Crippen LogP contribution >= 0.6 is 0 Å². The zero-order chi connectivity index (χ0) is 37.3. The van der Waals surface area contributed by atoms with E-state index in [0.29, 0.717) is 34.5 Å². The molecule has 4 N–H and O–H groups in total. The number of aromatic nitrogens is 5. The quantitative estimate of drug-likeness (QED) is 0.141. The summed E-state index contributed by atoms with van der Waals surface area (Å²) >= 11 is 0. The van der Waals surface area contributed by atoms with Crippen LogP contribution in [0, 0.1) is 0 Å². The van der Waals surface area contributed by atoms with E-state index < -0.39 is 29.0 Å². The monoisotopic (exact) mass is 710 g/mol. The molecule has 1 saturated heterocycles. The van der Waals surface area contributed by atoms with Crippen molar-refractivity contribution in [2.75, 3.05) is 51.7 Å². The highest BCUT2D eigenvalue weighted by Crippen LogP contribution is 2.37. The SMILES string of the molecule is CN1CCN(C(C)(C)c2nnc3ccc(O[C@@H]4C=C[C@](C=O)(NC(=O)Nc5cc(C(C)(C)C)nc(C(=O)NCCO)n5)c5ccccc54)cn23)CC1. The van der Waals surface area contributed by atoms with Crippen LogP contribution in [0.2, 0.25) is 0 Å². The summed E-state index contributed by atoms with van der Waals surface area (Å²) in [4.78, 5) is 52.4. The van der Waals surface area contributed by atoms with Crippen molar-refractivity contribution in [2.24, 2.45) is 0 Å². The third kappa shape index (κ3) is 7.38. The van der Waals surface area contributed by atoms with Gasteiger partial charge in [-0.3, -0.25) is 24.2 Å². The molecule has 15 heteroatoms. The van der Waals surface area contributed by atoms with Gasteiger partial charge in [0, 0.05) is 49.8 Å². The summed E-state index contributed by atoms with van der Waals surface area (Å²) in [6, 6.07) is 11.8. The van der Waals surface area contributed by atoms with Crippen LogP contribution in [0.4, 0.5) is 10.6 Å². The molecule has 1 aliphatic heterocycles. The van der Waals surface area contributed by atoms with E-state index in [-0.39, 0.29) is 30.3 Å². The lowest BCUT2D eigenvalue weighted by molar-refractivity contribution is -0.111. The van der Waals surface area contributed by atoms with Gasteiger partial charge in [-0.1, -0.05) is 45.0 Å². The van der Waals surface area contributed by atoms with Gasteiger partial charge in [0.2, 0.25) is 5.82 Å². The predicted molar refractivity (Wildman–Crippen MR) is 194 cm³/mol. The summed E-state index contributed by atoms with van der Waals surface area (Å²) in [6.45, 7) is 13.6. The Hall–Kier alpha value is -5.25. The number of rotatable bonds is 10. The maximum atomic E-state index is 13.5. The zero-order valence-electron chi connectivity index (χ0n) is 30.4. The minimum Gasteiger partial charge on any atom is -0.480 e. The molecule has 1 aromatic carbocycles. The first-order chi connectivity index (χ1) is 24.7. The first-order valence-corrected chi connectivity index (χ1v) is 17.3. The van der Waals surface area contributed by atoms with E-state index in [1.54, 1.807) is 30.4 Å². The number of pyridine rings is 1. The van der Waals surface area contributed by atoms with Gasteiger partial charge in [-0.25, -0.2) is 14.8 Å². The first kappa shape index (κ1) is 36.5. The summed E-state index contributed by atoms with van der Waals surface area (Å²) in [6.07, 6.45) is 5.34. The topological polar surface area (TPSA) is 179 Å². The Morgan fingerprint density at radius 2 is 1.79 bits per heavy atom. The molecule has 1 aliphatic carbocycles. The second-order valence-corrected chi connectivity index (χ2v) is 14.7. The molecule has 3 amide bonds. The van der Waals surface area contributed by atoms with Crippen molar-refractivity contribution < 1.29 is 24.2 Å². The smallest absolute Gasteiger partial charge is 0.321 e. The van der Waals surface area contributed by atoms with Crippen molar-refractivity contribution in [3.63, 3.8) is 0 Å². The summed E-state index contributed by atoms with van der Waals surface area (Å²) in [5.74, 6) is 0.698. The van der Waals surface area contributed by atoms with Gasteiger partial charge in [0.05, 0.1) is 24.0 Å². The summed E-state index contributed by atoms with van der Waals surface area (Å²) in [7, 11) is 2.13. The fourth-order valence-corrected chi connectivity index (χ4v) is 6.49. The highest BCUT2D eigenvalue weighted by molar-refractivity contribution is 5.94. The molecular weight excluding hydrogens is 664 g/mol. The maximum absolute atomic E-state index is 13.5. The minimum absolute atomic E-state index is 0.0228. The lowest BCUT2D eigenvalue weighted by Crippen LogP contribution is -2.52. The maximum Gasteiger partial charge on any atom is 0.321 e. The molecule has 1 fully saturated rings. The van der Waals surface area contributed by atoms with Gasteiger partial charge in [0.1, 0.15) is 23.2 Å². The Labute approximate surface area is 302 Å². The van der Waals surface area contributed by atoms with E-state index >= 15 is 0 Å². The van der Waals surface area contributed by atoms with Gasteiger partial charge in [-0.05, 0) is 50.7 Å². The average molecular weight is 711 g/mol. The van der Waals surface area contributed by atoms with Gasteiger partial charge in [-0.2, -0.15) is 0 Å². The Balaban J connectivity index is 1.24. The number of likely N-dealkylation sites (N-methyl/N-ethyl adjacent to an activating group) is 1. The Bertz CT molecular complexity index is 2000. The third-order valence-electron chi connectivity index (χ3n) is 9.57. The molecule has 0 radical (unpaired) electrons. The van der Waals surface area contributed by atoms with E-state index in [9.17, 15) is 14.4 Å².